The lowest BCUT2D eigenvalue weighted by Crippen LogP contribution is -2.04. The van der Waals surface area contributed by atoms with Gasteiger partial charge in [-0.05, 0) is 25.0 Å². The van der Waals surface area contributed by atoms with Gasteiger partial charge in [-0.3, -0.25) is 4.52 Å². The number of para-hydroxylation sites is 1. The van der Waals surface area contributed by atoms with E-state index in [0.717, 1.165) is 38.5 Å². The smallest absolute Gasteiger partial charge is 0.379 e. The summed E-state index contributed by atoms with van der Waals surface area (Å²) in [6.07, 6.45) is 6.51. The molecule has 0 fully saturated rings. The molecule has 1 unspecified atom stereocenters. The second kappa shape index (κ2) is 10.3. The van der Waals surface area contributed by atoms with Crippen LogP contribution in [0.1, 0.15) is 52.4 Å². The third-order valence-corrected chi connectivity index (χ3v) is 5.37. The predicted octanol–water partition coefficient (Wildman–Crippen LogP) is 6.31. The average Bonchev–Trinajstić information content (AvgIpc) is 2.47. The van der Waals surface area contributed by atoms with Crippen LogP contribution >= 0.6 is 19.2 Å². The highest BCUT2D eigenvalue weighted by molar-refractivity contribution is 7.54. The Labute approximate surface area is 133 Å². The molecule has 1 atom stereocenters. The van der Waals surface area contributed by atoms with E-state index in [1.54, 1.807) is 12.1 Å². The lowest BCUT2D eigenvalue weighted by atomic mass is 10.2. The molecular weight excluding hydrogens is 307 g/mol. The molecule has 0 aliphatic rings. The van der Waals surface area contributed by atoms with Crippen LogP contribution in [0.2, 0.25) is 5.02 Å². The molecule has 0 aliphatic carbocycles. The van der Waals surface area contributed by atoms with E-state index in [1.165, 1.54) is 0 Å². The molecule has 0 amide bonds. The van der Waals surface area contributed by atoms with Crippen LogP contribution in [0.15, 0.2) is 24.3 Å². The Morgan fingerprint density at radius 2 is 1.76 bits per heavy atom. The van der Waals surface area contributed by atoms with Crippen molar-refractivity contribution in [2.24, 2.45) is 0 Å². The third-order valence-electron chi connectivity index (χ3n) is 3.15. The summed E-state index contributed by atoms with van der Waals surface area (Å²) in [5.41, 5.74) is 0. The first kappa shape index (κ1) is 18.5. The van der Waals surface area contributed by atoms with Gasteiger partial charge < -0.3 is 4.52 Å². The fourth-order valence-corrected chi connectivity index (χ4v) is 3.86. The van der Waals surface area contributed by atoms with E-state index in [0.29, 0.717) is 23.5 Å². The van der Waals surface area contributed by atoms with Gasteiger partial charge in [0, 0.05) is 0 Å². The number of hydrogen-bond donors (Lipinski definition) is 0. The molecule has 21 heavy (non-hydrogen) atoms. The Morgan fingerprint density at radius 1 is 1.05 bits per heavy atom. The zero-order valence-electron chi connectivity index (χ0n) is 13.0. The molecule has 0 spiro atoms. The maximum absolute atomic E-state index is 12.9. The zero-order chi connectivity index (χ0) is 15.6. The Morgan fingerprint density at radius 3 is 2.43 bits per heavy atom. The first-order chi connectivity index (χ1) is 10.1. The fourth-order valence-electron chi connectivity index (χ4n) is 1.89. The van der Waals surface area contributed by atoms with Crippen molar-refractivity contribution in [3.63, 3.8) is 0 Å². The van der Waals surface area contributed by atoms with E-state index < -0.39 is 7.60 Å². The number of benzene rings is 1. The molecule has 0 saturated heterocycles. The summed E-state index contributed by atoms with van der Waals surface area (Å²) in [6.45, 7) is 4.69. The average molecular weight is 333 g/mol. The van der Waals surface area contributed by atoms with Crippen molar-refractivity contribution < 1.29 is 13.6 Å². The van der Waals surface area contributed by atoms with Crippen LogP contribution in [-0.4, -0.2) is 12.8 Å². The minimum atomic E-state index is -3.12. The minimum Gasteiger partial charge on any atom is -0.423 e. The van der Waals surface area contributed by atoms with Gasteiger partial charge in [-0.1, -0.05) is 63.3 Å². The van der Waals surface area contributed by atoms with Crippen LogP contribution in [0.3, 0.4) is 0 Å². The quantitative estimate of drug-likeness (QED) is 0.352. The maximum Gasteiger partial charge on any atom is 0.379 e. The molecule has 0 N–H and O–H groups in total. The molecule has 120 valence electrons. The summed E-state index contributed by atoms with van der Waals surface area (Å²) in [5, 5.41) is 0.463. The summed E-state index contributed by atoms with van der Waals surface area (Å²) in [7, 11) is -3.12. The molecule has 0 bridgehead atoms. The van der Waals surface area contributed by atoms with E-state index in [2.05, 4.69) is 13.8 Å². The molecule has 0 aromatic heterocycles. The molecule has 3 nitrogen and oxygen atoms in total. The van der Waals surface area contributed by atoms with Gasteiger partial charge in [0.1, 0.15) is 5.75 Å². The molecular formula is C16H26ClO3P. The van der Waals surface area contributed by atoms with E-state index in [1.807, 2.05) is 12.1 Å². The van der Waals surface area contributed by atoms with Crippen molar-refractivity contribution in [3.05, 3.63) is 29.3 Å². The molecule has 1 aromatic carbocycles. The SMILES string of the molecule is CCCCCCP(=O)(OCCCC)Oc1ccccc1Cl. The van der Waals surface area contributed by atoms with Crippen LogP contribution < -0.4 is 4.52 Å². The van der Waals surface area contributed by atoms with Crippen molar-refractivity contribution in [3.8, 4) is 5.75 Å². The van der Waals surface area contributed by atoms with E-state index in [-0.39, 0.29) is 0 Å². The Hall–Kier alpha value is -0.500. The highest BCUT2D eigenvalue weighted by Crippen LogP contribution is 2.50. The van der Waals surface area contributed by atoms with E-state index in [9.17, 15) is 4.57 Å². The summed E-state index contributed by atoms with van der Waals surface area (Å²) in [5.74, 6) is 0.439. The van der Waals surface area contributed by atoms with Gasteiger partial charge >= 0.3 is 7.60 Å². The summed E-state index contributed by atoms with van der Waals surface area (Å²) in [4.78, 5) is 0. The number of unbranched alkanes of at least 4 members (excludes halogenated alkanes) is 4. The lowest BCUT2D eigenvalue weighted by molar-refractivity contribution is 0.259. The zero-order valence-corrected chi connectivity index (χ0v) is 14.7. The number of rotatable bonds is 11. The van der Waals surface area contributed by atoms with E-state index in [4.69, 9.17) is 20.6 Å². The minimum absolute atomic E-state index is 0.439. The lowest BCUT2D eigenvalue weighted by Gasteiger charge is -2.20. The van der Waals surface area contributed by atoms with Gasteiger partial charge in [0.2, 0.25) is 0 Å². The van der Waals surface area contributed by atoms with Gasteiger partial charge in [-0.25, -0.2) is 4.57 Å². The van der Waals surface area contributed by atoms with Crippen LogP contribution in [0, 0.1) is 0 Å². The first-order valence-corrected chi connectivity index (χ1v) is 9.89. The number of hydrogen-bond acceptors (Lipinski definition) is 3. The van der Waals surface area contributed by atoms with Gasteiger partial charge in [0.25, 0.3) is 0 Å². The second-order valence-corrected chi connectivity index (χ2v) is 7.62. The van der Waals surface area contributed by atoms with E-state index >= 15 is 0 Å². The van der Waals surface area contributed by atoms with Gasteiger partial charge in [-0.15, -0.1) is 0 Å². The standard InChI is InChI=1S/C16H26ClO3P/c1-3-5-7-10-14-21(18,19-13-6-4-2)20-16-12-9-8-11-15(16)17/h8-9,11-12H,3-7,10,13-14H2,1-2H3. The van der Waals surface area contributed by atoms with Crippen LogP contribution in [0.25, 0.3) is 0 Å². The summed E-state index contributed by atoms with van der Waals surface area (Å²) in [6, 6.07) is 7.09. The van der Waals surface area contributed by atoms with Crippen LogP contribution in [-0.2, 0) is 9.09 Å². The molecule has 0 saturated carbocycles. The van der Waals surface area contributed by atoms with Crippen molar-refractivity contribution in [2.45, 2.75) is 52.4 Å². The van der Waals surface area contributed by atoms with Crippen molar-refractivity contribution in [2.75, 3.05) is 12.8 Å². The predicted molar refractivity (Wildman–Crippen MR) is 89.6 cm³/mol. The number of halogens is 1. The first-order valence-electron chi connectivity index (χ1n) is 7.79. The maximum atomic E-state index is 12.9. The summed E-state index contributed by atoms with van der Waals surface area (Å²) >= 11 is 6.07. The molecule has 0 aliphatic heterocycles. The second-order valence-electron chi connectivity index (χ2n) is 5.10. The monoisotopic (exact) mass is 332 g/mol. The van der Waals surface area contributed by atoms with Gasteiger partial charge in [0.15, 0.2) is 0 Å². The van der Waals surface area contributed by atoms with Crippen molar-refractivity contribution in [1.82, 2.24) is 0 Å². The highest BCUT2D eigenvalue weighted by Gasteiger charge is 2.26. The van der Waals surface area contributed by atoms with Crippen LogP contribution in [0.4, 0.5) is 0 Å². The molecule has 5 heteroatoms. The summed E-state index contributed by atoms with van der Waals surface area (Å²) < 4.78 is 24.1. The van der Waals surface area contributed by atoms with Gasteiger partial charge in [-0.2, -0.15) is 0 Å². The van der Waals surface area contributed by atoms with Gasteiger partial charge in [0.05, 0.1) is 17.8 Å². The Kier molecular flexibility index (Phi) is 9.07. The van der Waals surface area contributed by atoms with Crippen molar-refractivity contribution in [1.29, 1.82) is 0 Å². The van der Waals surface area contributed by atoms with Crippen molar-refractivity contribution >= 4 is 19.2 Å². The molecule has 1 aromatic rings. The van der Waals surface area contributed by atoms with Crippen LogP contribution in [0.5, 0.6) is 5.75 Å². The normalized spacial score (nSPS) is 13.9. The molecule has 1 rings (SSSR count). The Bertz CT molecular complexity index is 451. The Balaban J connectivity index is 2.66. The molecule has 0 radical (unpaired) electrons. The highest BCUT2D eigenvalue weighted by atomic mass is 35.5. The third kappa shape index (κ3) is 7.35. The molecule has 0 heterocycles. The fraction of sp³-hybridized carbons (Fsp3) is 0.625. The largest absolute Gasteiger partial charge is 0.423 e. The topological polar surface area (TPSA) is 35.5 Å².